The van der Waals surface area contributed by atoms with Crippen molar-refractivity contribution in [1.82, 2.24) is 0 Å². The molecule has 0 fully saturated rings. The molecule has 0 aliphatic carbocycles. The summed E-state index contributed by atoms with van der Waals surface area (Å²) < 4.78 is 39.8. The molecule has 21 heavy (non-hydrogen) atoms. The van der Waals surface area contributed by atoms with Crippen LogP contribution in [0.3, 0.4) is 0 Å². The van der Waals surface area contributed by atoms with E-state index < -0.39 is 23.4 Å². The van der Waals surface area contributed by atoms with Crippen molar-refractivity contribution in [3.63, 3.8) is 0 Å². The Bertz CT molecular complexity index is 689. The number of anilines is 1. The molecule has 0 spiro atoms. The summed E-state index contributed by atoms with van der Waals surface area (Å²) in [6.45, 7) is 0.976. The second kappa shape index (κ2) is 5.87. The van der Waals surface area contributed by atoms with Crippen molar-refractivity contribution < 1.29 is 23.1 Å². The molecule has 0 heterocycles. The molecule has 1 amide bonds. The predicted octanol–water partition coefficient (Wildman–Crippen LogP) is 3.36. The van der Waals surface area contributed by atoms with Crippen LogP contribution in [0.15, 0.2) is 36.4 Å². The van der Waals surface area contributed by atoms with Crippen molar-refractivity contribution in [3.05, 3.63) is 59.4 Å². The van der Waals surface area contributed by atoms with Gasteiger partial charge in [-0.2, -0.15) is 0 Å². The summed E-state index contributed by atoms with van der Waals surface area (Å²) in [7, 11) is 0. The average molecular weight is 295 g/mol. The van der Waals surface area contributed by atoms with Gasteiger partial charge >= 0.3 is 0 Å². The van der Waals surface area contributed by atoms with Gasteiger partial charge in [-0.05, 0) is 18.2 Å². The molecule has 0 saturated carbocycles. The molecule has 1 N–H and O–H groups in total. The zero-order valence-electron chi connectivity index (χ0n) is 11.1. The Labute approximate surface area is 119 Å². The van der Waals surface area contributed by atoms with Crippen LogP contribution in [0.1, 0.15) is 12.5 Å². The number of nitrogens with zero attached hydrogens (tertiary/aromatic N) is 1. The van der Waals surface area contributed by atoms with Crippen LogP contribution in [0, 0.1) is 17.5 Å². The predicted molar refractivity (Wildman–Crippen MR) is 71.3 cm³/mol. The van der Waals surface area contributed by atoms with Crippen LogP contribution in [0.5, 0.6) is 5.75 Å². The monoisotopic (exact) mass is 295 g/mol. The molecule has 0 aliphatic rings. The highest BCUT2D eigenvalue weighted by atomic mass is 19.2. The Hall–Kier alpha value is -2.50. The lowest BCUT2D eigenvalue weighted by Crippen LogP contribution is -2.28. The lowest BCUT2D eigenvalue weighted by molar-refractivity contribution is -0.116. The highest BCUT2D eigenvalue weighted by Crippen LogP contribution is 2.24. The Balaban J connectivity index is 2.38. The fourth-order valence-electron chi connectivity index (χ4n) is 1.90. The maximum absolute atomic E-state index is 13.7. The van der Waals surface area contributed by atoms with Crippen LogP contribution in [-0.2, 0) is 11.3 Å². The van der Waals surface area contributed by atoms with Gasteiger partial charge in [-0.15, -0.1) is 0 Å². The second-order valence-corrected chi connectivity index (χ2v) is 4.46. The minimum atomic E-state index is -1.58. The number of carbonyl (C=O) groups is 1. The van der Waals surface area contributed by atoms with Gasteiger partial charge < -0.3 is 10.0 Å². The first-order valence-corrected chi connectivity index (χ1v) is 6.09. The Morgan fingerprint density at radius 1 is 1.14 bits per heavy atom. The first-order chi connectivity index (χ1) is 9.90. The third kappa shape index (κ3) is 3.16. The molecule has 2 rings (SSSR count). The first kappa shape index (κ1) is 14.9. The molecule has 6 heteroatoms. The Morgan fingerprint density at radius 3 is 2.48 bits per heavy atom. The molecule has 0 saturated heterocycles. The van der Waals surface area contributed by atoms with E-state index in [1.165, 1.54) is 25.1 Å². The van der Waals surface area contributed by atoms with Crippen LogP contribution in [-0.4, -0.2) is 11.0 Å². The van der Waals surface area contributed by atoms with Gasteiger partial charge in [-0.1, -0.05) is 12.1 Å². The largest absolute Gasteiger partial charge is 0.508 e. The number of hydrogen-bond acceptors (Lipinski definition) is 2. The highest BCUT2D eigenvalue weighted by Gasteiger charge is 2.18. The van der Waals surface area contributed by atoms with Gasteiger partial charge in [0.15, 0.2) is 17.5 Å². The van der Waals surface area contributed by atoms with Crippen molar-refractivity contribution in [2.24, 2.45) is 0 Å². The van der Waals surface area contributed by atoms with Gasteiger partial charge in [0.1, 0.15) is 5.75 Å². The van der Waals surface area contributed by atoms with Crippen molar-refractivity contribution in [2.45, 2.75) is 13.5 Å². The van der Waals surface area contributed by atoms with E-state index in [2.05, 4.69) is 0 Å². The molecule has 0 aliphatic heterocycles. The maximum atomic E-state index is 13.7. The first-order valence-electron chi connectivity index (χ1n) is 6.09. The quantitative estimate of drug-likeness (QED) is 0.882. The third-order valence-corrected chi connectivity index (χ3v) is 2.97. The van der Waals surface area contributed by atoms with Crippen LogP contribution in [0.25, 0.3) is 0 Å². The molecular formula is C15H12F3NO2. The summed E-state index contributed by atoms with van der Waals surface area (Å²) in [6, 6.07) is 7.67. The molecule has 0 unspecified atom stereocenters. The van der Waals surface area contributed by atoms with Gasteiger partial charge in [0.25, 0.3) is 0 Å². The highest BCUT2D eigenvalue weighted by molar-refractivity contribution is 5.91. The third-order valence-electron chi connectivity index (χ3n) is 2.97. The number of phenolic OH excluding ortho intramolecular Hbond substituents is 1. The van der Waals surface area contributed by atoms with E-state index in [0.29, 0.717) is 5.69 Å². The topological polar surface area (TPSA) is 40.5 Å². The molecule has 0 aromatic heterocycles. The molecule has 2 aromatic rings. The summed E-state index contributed by atoms with van der Waals surface area (Å²) in [5, 5.41) is 9.42. The van der Waals surface area contributed by atoms with Crippen molar-refractivity contribution in [1.29, 1.82) is 0 Å². The van der Waals surface area contributed by atoms with Gasteiger partial charge in [-0.3, -0.25) is 4.79 Å². The fraction of sp³-hybridized carbons (Fsp3) is 0.133. The van der Waals surface area contributed by atoms with Gasteiger partial charge in [-0.25, -0.2) is 13.2 Å². The lowest BCUT2D eigenvalue weighted by atomic mass is 10.1. The molecular weight excluding hydrogens is 283 g/mol. The number of halogens is 3. The number of hydrogen-bond donors (Lipinski definition) is 1. The number of amides is 1. The van der Waals surface area contributed by atoms with Crippen LogP contribution in [0.2, 0.25) is 0 Å². The van der Waals surface area contributed by atoms with Crippen molar-refractivity contribution in [2.75, 3.05) is 4.90 Å². The van der Waals surface area contributed by atoms with Gasteiger partial charge in [0, 0.05) is 24.2 Å². The fourth-order valence-corrected chi connectivity index (χ4v) is 1.90. The molecule has 0 atom stereocenters. The summed E-state index contributed by atoms with van der Waals surface area (Å²) in [5.74, 6) is -4.69. The number of benzene rings is 2. The summed E-state index contributed by atoms with van der Waals surface area (Å²) >= 11 is 0. The van der Waals surface area contributed by atoms with Crippen LogP contribution in [0.4, 0.5) is 18.9 Å². The number of rotatable bonds is 3. The Morgan fingerprint density at radius 2 is 1.86 bits per heavy atom. The number of aromatic hydroxyl groups is 1. The molecule has 2 aromatic carbocycles. The summed E-state index contributed by atoms with van der Waals surface area (Å²) in [4.78, 5) is 12.8. The maximum Gasteiger partial charge on any atom is 0.224 e. The van der Waals surface area contributed by atoms with Crippen LogP contribution >= 0.6 is 0 Å². The van der Waals surface area contributed by atoms with Crippen molar-refractivity contribution >= 4 is 11.6 Å². The van der Waals surface area contributed by atoms with E-state index in [0.717, 1.165) is 17.0 Å². The van der Waals surface area contributed by atoms with Gasteiger partial charge in [0.05, 0.1) is 6.54 Å². The molecule has 0 radical (unpaired) electrons. The standard InChI is InChI=1S/C15H12F3NO2/c1-9(20)19(11-3-2-4-12(21)7-11)8-10-5-6-13(16)15(18)14(10)17/h2-7,21H,8H2,1H3. The van der Waals surface area contributed by atoms with E-state index in [1.807, 2.05) is 0 Å². The molecule has 3 nitrogen and oxygen atoms in total. The van der Waals surface area contributed by atoms with E-state index >= 15 is 0 Å². The second-order valence-electron chi connectivity index (χ2n) is 4.46. The number of carbonyl (C=O) groups excluding carboxylic acids is 1. The van der Waals surface area contributed by atoms with E-state index in [4.69, 9.17) is 0 Å². The SMILES string of the molecule is CC(=O)N(Cc1ccc(F)c(F)c1F)c1cccc(O)c1. The van der Waals surface area contributed by atoms with Crippen molar-refractivity contribution in [3.8, 4) is 5.75 Å². The molecule has 0 bridgehead atoms. The van der Waals surface area contributed by atoms with E-state index in [-0.39, 0.29) is 17.9 Å². The van der Waals surface area contributed by atoms with Crippen LogP contribution < -0.4 is 4.90 Å². The number of phenols is 1. The minimum Gasteiger partial charge on any atom is -0.508 e. The summed E-state index contributed by atoms with van der Waals surface area (Å²) in [6.07, 6.45) is 0. The van der Waals surface area contributed by atoms with E-state index in [1.54, 1.807) is 6.07 Å². The smallest absolute Gasteiger partial charge is 0.224 e. The average Bonchev–Trinajstić information content (AvgIpc) is 2.43. The lowest BCUT2D eigenvalue weighted by Gasteiger charge is -2.22. The van der Waals surface area contributed by atoms with Gasteiger partial charge in [0.2, 0.25) is 5.91 Å². The molecule has 110 valence electrons. The van der Waals surface area contributed by atoms with E-state index in [9.17, 15) is 23.1 Å². The normalized spacial score (nSPS) is 10.5. The zero-order valence-corrected chi connectivity index (χ0v) is 11.1. The zero-order chi connectivity index (χ0) is 15.6. The Kier molecular flexibility index (Phi) is 4.16. The summed E-state index contributed by atoms with van der Waals surface area (Å²) in [5.41, 5.74) is 0.166. The minimum absolute atomic E-state index is 0.0653.